The van der Waals surface area contributed by atoms with Gasteiger partial charge in [0.25, 0.3) is 0 Å². The molecule has 0 N–H and O–H groups in total. The summed E-state index contributed by atoms with van der Waals surface area (Å²) in [6.45, 7) is 3.52. The standard InChI is InChI=1S/C26H23ClN2O4S/c1-14-21(25(30)32-3)23(22(15(2)28-14)26(31)33-4)18-10-5-6-11-19(18)24-29-20(13-34-24)16-8-7-9-17(27)12-16/h5-13,21,23H,1-4H3. The van der Waals surface area contributed by atoms with E-state index in [0.29, 0.717) is 22.0 Å². The van der Waals surface area contributed by atoms with Crippen LogP contribution in [0.3, 0.4) is 0 Å². The summed E-state index contributed by atoms with van der Waals surface area (Å²) in [5.41, 5.74) is 4.73. The zero-order valence-electron chi connectivity index (χ0n) is 19.2. The summed E-state index contributed by atoms with van der Waals surface area (Å²) in [4.78, 5) is 35.1. The Hall–Kier alpha value is -3.29. The Bertz CT molecular complexity index is 1330. The number of hydrogen-bond acceptors (Lipinski definition) is 7. The Kier molecular flexibility index (Phi) is 6.95. The lowest BCUT2D eigenvalue weighted by molar-refractivity contribution is -0.143. The van der Waals surface area contributed by atoms with Gasteiger partial charge in [-0.25, -0.2) is 9.78 Å². The molecule has 0 saturated carbocycles. The van der Waals surface area contributed by atoms with Gasteiger partial charge in [0.1, 0.15) is 10.9 Å². The number of ether oxygens (including phenoxy) is 2. The van der Waals surface area contributed by atoms with Gasteiger partial charge < -0.3 is 9.47 Å². The number of methoxy groups -OCH3 is 2. The number of thiazole rings is 1. The van der Waals surface area contributed by atoms with Crippen molar-refractivity contribution >= 4 is 40.6 Å². The molecule has 0 fully saturated rings. The first kappa shape index (κ1) is 23.9. The lowest BCUT2D eigenvalue weighted by Gasteiger charge is -2.32. The van der Waals surface area contributed by atoms with Crippen molar-refractivity contribution in [2.45, 2.75) is 19.8 Å². The quantitative estimate of drug-likeness (QED) is 0.411. The van der Waals surface area contributed by atoms with E-state index in [9.17, 15) is 9.59 Å². The Morgan fingerprint density at radius 1 is 1.03 bits per heavy atom. The van der Waals surface area contributed by atoms with Crippen molar-refractivity contribution in [1.82, 2.24) is 4.98 Å². The SMILES string of the molecule is COC(=O)C1=C(C)N=C(C)C(C(=O)OC)C1c1ccccc1-c1nc(-c2cccc(Cl)c2)cs1. The number of carbonyl (C=O) groups excluding carboxylic acids is 2. The molecule has 0 amide bonds. The fourth-order valence-electron chi connectivity index (χ4n) is 4.32. The molecule has 1 aromatic heterocycles. The van der Waals surface area contributed by atoms with Gasteiger partial charge in [-0.15, -0.1) is 11.3 Å². The van der Waals surface area contributed by atoms with Crippen molar-refractivity contribution in [2.75, 3.05) is 14.2 Å². The molecule has 6 nitrogen and oxygen atoms in total. The normalized spacial score (nSPS) is 17.9. The molecule has 8 heteroatoms. The second-order valence-electron chi connectivity index (χ2n) is 7.86. The van der Waals surface area contributed by atoms with Gasteiger partial charge in [0.2, 0.25) is 0 Å². The number of benzene rings is 2. The average Bonchev–Trinajstić information content (AvgIpc) is 3.33. The Balaban J connectivity index is 1.88. The fraction of sp³-hybridized carbons (Fsp3) is 0.231. The molecule has 4 rings (SSSR count). The molecule has 0 bridgehead atoms. The highest BCUT2D eigenvalue weighted by molar-refractivity contribution is 7.13. The largest absolute Gasteiger partial charge is 0.468 e. The van der Waals surface area contributed by atoms with Gasteiger partial charge in [-0.05, 0) is 31.5 Å². The number of allylic oxidation sites excluding steroid dienone is 1. The molecule has 3 aromatic rings. The maximum absolute atomic E-state index is 12.9. The maximum Gasteiger partial charge on any atom is 0.336 e. The van der Waals surface area contributed by atoms with E-state index in [-0.39, 0.29) is 0 Å². The average molecular weight is 495 g/mol. The summed E-state index contributed by atoms with van der Waals surface area (Å²) in [5.74, 6) is -2.39. The molecule has 2 aromatic carbocycles. The van der Waals surface area contributed by atoms with E-state index in [1.54, 1.807) is 13.8 Å². The van der Waals surface area contributed by atoms with Crippen LogP contribution in [0.5, 0.6) is 0 Å². The van der Waals surface area contributed by atoms with E-state index < -0.39 is 23.8 Å². The van der Waals surface area contributed by atoms with E-state index in [2.05, 4.69) is 4.99 Å². The molecule has 0 saturated heterocycles. The summed E-state index contributed by atoms with van der Waals surface area (Å²) in [6.07, 6.45) is 0. The minimum Gasteiger partial charge on any atom is -0.468 e. The molecule has 174 valence electrons. The third-order valence-electron chi connectivity index (χ3n) is 5.84. The number of aromatic nitrogens is 1. The third-order valence-corrected chi connectivity index (χ3v) is 6.95. The number of carbonyl (C=O) groups is 2. The monoisotopic (exact) mass is 494 g/mol. The summed E-state index contributed by atoms with van der Waals surface area (Å²) in [7, 11) is 2.65. The molecule has 2 heterocycles. The molecule has 0 aliphatic carbocycles. The van der Waals surface area contributed by atoms with E-state index >= 15 is 0 Å². The summed E-state index contributed by atoms with van der Waals surface area (Å²) in [6, 6.07) is 15.1. The number of aliphatic imine (C=N–C) groups is 1. The van der Waals surface area contributed by atoms with Gasteiger partial charge in [0.05, 0.1) is 25.5 Å². The van der Waals surface area contributed by atoms with Crippen molar-refractivity contribution in [2.24, 2.45) is 10.9 Å². The van der Waals surface area contributed by atoms with Crippen LogP contribution in [0.1, 0.15) is 25.3 Å². The fourth-order valence-corrected chi connectivity index (χ4v) is 5.39. The van der Waals surface area contributed by atoms with Gasteiger partial charge >= 0.3 is 11.9 Å². The van der Waals surface area contributed by atoms with Crippen molar-refractivity contribution in [1.29, 1.82) is 0 Å². The van der Waals surface area contributed by atoms with Gasteiger partial charge in [-0.3, -0.25) is 9.79 Å². The molecule has 1 aliphatic rings. The molecule has 2 unspecified atom stereocenters. The smallest absolute Gasteiger partial charge is 0.336 e. The first-order chi connectivity index (χ1) is 16.3. The summed E-state index contributed by atoms with van der Waals surface area (Å²) >= 11 is 7.64. The number of halogens is 1. The van der Waals surface area contributed by atoms with Gasteiger partial charge in [0.15, 0.2) is 0 Å². The molecular formula is C26H23ClN2O4S. The van der Waals surface area contributed by atoms with Crippen LogP contribution in [-0.4, -0.2) is 36.9 Å². The first-order valence-corrected chi connectivity index (χ1v) is 11.8. The van der Waals surface area contributed by atoms with E-state index in [0.717, 1.165) is 27.4 Å². The Morgan fingerprint density at radius 2 is 1.79 bits per heavy atom. The highest BCUT2D eigenvalue weighted by atomic mass is 35.5. The van der Waals surface area contributed by atoms with Crippen LogP contribution >= 0.6 is 22.9 Å². The minimum absolute atomic E-state index is 0.336. The molecule has 34 heavy (non-hydrogen) atoms. The predicted octanol–water partition coefficient (Wildman–Crippen LogP) is 5.92. The topological polar surface area (TPSA) is 77.8 Å². The van der Waals surface area contributed by atoms with Crippen LogP contribution in [-0.2, 0) is 19.1 Å². The number of rotatable bonds is 5. The van der Waals surface area contributed by atoms with E-state index in [1.165, 1.54) is 25.6 Å². The van der Waals surface area contributed by atoms with E-state index in [4.69, 9.17) is 26.1 Å². The zero-order valence-corrected chi connectivity index (χ0v) is 20.7. The summed E-state index contributed by atoms with van der Waals surface area (Å²) in [5, 5.41) is 3.36. The Labute approximate surface area is 206 Å². The molecule has 2 atom stereocenters. The molecule has 0 spiro atoms. The Morgan fingerprint density at radius 3 is 2.50 bits per heavy atom. The lowest BCUT2D eigenvalue weighted by atomic mass is 9.74. The molecular weight excluding hydrogens is 472 g/mol. The molecule has 0 radical (unpaired) electrons. The second-order valence-corrected chi connectivity index (χ2v) is 9.15. The van der Waals surface area contributed by atoms with Crippen molar-refractivity contribution in [3.8, 4) is 21.8 Å². The van der Waals surface area contributed by atoms with Crippen molar-refractivity contribution in [3.05, 3.63) is 75.8 Å². The number of esters is 2. The van der Waals surface area contributed by atoms with Crippen molar-refractivity contribution < 1.29 is 19.1 Å². The van der Waals surface area contributed by atoms with Crippen LogP contribution in [0.2, 0.25) is 5.02 Å². The third kappa shape index (κ3) is 4.41. The van der Waals surface area contributed by atoms with Gasteiger partial charge in [-0.2, -0.15) is 0 Å². The van der Waals surface area contributed by atoms with Gasteiger partial charge in [-0.1, -0.05) is 48.0 Å². The van der Waals surface area contributed by atoms with Crippen LogP contribution in [0, 0.1) is 5.92 Å². The van der Waals surface area contributed by atoms with Crippen LogP contribution < -0.4 is 0 Å². The van der Waals surface area contributed by atoms with Gasteiger partial charge in [0, 0.05) is 38.9 Å². The van der Waals surface area contributed by atoms with Crippen LogP contribution in [0.4, 0.5) is 0 Å². The number of nitrogens with zero attached hydrogens (tertiary/aromatic N) is 2. The second kappa shape index (κ2) is 9.91. The lowest BCUT2D eigenvalue weighted by Crippen LogP contribution is -2.36. The van der Waals surface area contributed by atoms with Crippen LogP contribution in [0.25, 0.3) is 21.8 Å². The minimum atomic E-state index is -0.767. The van der Waals surface area contributed by atoms with Crippen molar-refractivity contribution in [3.63, 3.8) is 0 Å². The number of hydrogen-bond donors (Lipinski definition) is 0. The van der Waals surface area contributed by atoms with Crippen LogP contribution in [0.15, 0.2) is 70.2 Å². The highest BCUT2D eigenvalue weighted by Gasteiger charge is 2.43. The molecule has 1 aliphatic heterocycles. The maximum atomic E-state index is 12.9. The predicted molar refractivity (Wildman–Crippen MR) is 134 cm³/mol. The summed E-state index contributed by atoms with van der Waals surface area (Å²) < 4.78 is 10.2. The highest BCUT2D eigenvalue weighted by Crippen LogP contribution is 2.44. The first-order valence-electron chi connectivity index (χ1n) is 10.6. The zero-order chi connectivity index (χ0) is 24.4. The van der Waals surface area contributed by atoms with E-state index in [1.807, 2.05) is 53.9 Å².